The maximum absolute atomic E-state index is 5.93. The van der Waals surface area contributed by atoms with E-state index < -0.39 is 0 Å². The zero-order chi connectivity index (χ0) is 12.1. The van der Waals surface area contributed by atoms with Crippen LogP contribution in [0.25, 0.3) is 0 Å². The fourth-order valence-corrected chi connectivity index (χ4v) is 1.86. The van der Waals surface area contributed by atoms with E-state index in [-0.39, 0.29) is 12.4 Å². The van der Waals surface area contributed by atoms with Crippen molar-refractivity contribution in [3.8, 4) is 0 Å². The molecule has 0 saturated heterocycles. The summed E-state index contributed by atoms with van der Waals surface area (Å²) in [5.74, 6) is 0. The molecule has 0 bridgehead atoms. The number of benzene rings is 2. The van der Waals surface area contributed by atoms with Crippen LogP contribution in [0.3, 0.4) is 0 Å². The summed E-state index contributed by atoms with van der Waals surface area (Å²) < 4.78 is 0. The average molecular weight is 263 g/mol. The van der Waals surface area contributed by atoms with E-state index in [0.29, 0.717) is 0 Å². The van der Waals surface area contributed by atoms with Gasteiger partial charge in [-0.05, 0) is 30.2 Å². The van der Waals surface area contributed by atoms with E-state index in [1.807, 2.05) is 24.3 Å². The number of hydrogen-bond donors (Lipinski definition) is 1. The summed E-state index contributed by atoms with van der Waals surface area (Å²) in [6.45, 7) is 0.970. The third-order valence-corrected chi connectivity index (χ3v) is 2.97. The van der Waals surface area contributed by atoms with Crippen molar-refractivity contribution in [1.29, 1.82) is 0 Å². The molecule has 0 aromatic heterocycles. The summed E-state index contributed by atoms with van der Waals surface area (Å²) in [5, 5.41) is 0. The molecule has 0 amide bonds. The van der Waals surface area contributed by atoms with Crippen LogP contribution in [0.4, 0.5) is 11.4 Å². The van der Waals surface area contributed by atoms with E-state index in [4.69, 9.17) is 5.73 Å². The van der Waals surface area contributed by atoms with Gasteiger partial charge in [-0.15, -0.1) is 12.4 Å². The van der Waals surface area contributed by atoms with Crippen molar-refractivity contribution < 1.29 is 0 Å². The molecule has 0 spiro atoms. The third kappa shape index (κ3) is 3.67. The highest BCUT2D eigenvalue weighted by atomic mass is 35.5. The van der Waals surface area contributed by atoms with Gasteiger partial charge in [-0.3, -0.25) is 0 Å². The zero-order valence-corrected chi connectivity index (χ0v) is 11.4. The fourth-order valence-electron chi connectivity index (χ4n) is 1.86. The van der Waals surface area contributed by atoms with Crippen LogP contribution >= 0.6 is 12.4 Å². The Bertz CT molecular complexity index is 471. The molecule has 2 aromatic carbocycles. The van der Waals surface area contributed by atoms with Crippen LogP contribution in [-0.2, 0) is 6.42 Å². The Hall–Kier alpha value is -1.67. The zero-order valence-electron chi connectivity index (χ0n) is 10.5. The predicted octanol–water partition coefficient (Wildman–Crippen LogP) is 3.37. The van der Waals surface area contributed by atoms with Crippen molar-refractivity contribution in [2.45, 2.75) is 6.42 Å². The number of halogens is 1. The lowest BCUT2D eigenvalue weighted by molar-refractivity contribution is 0.878. The number of hydrogen-bond acceptors (Lipinski definition) is 2. The Morgan fingerprint density at radius 3 is 2.22 bits per heavy atom. The molecule has 0 atom stereocenters. The van der Waals surface area contributed by atoms with Crippen molar-refractivity contribution in [3.05, 3.63) is 60.2 Å². The van der Waals surface area contributed by atoms with Gasteiger partial charge in [-0.2, -0.15) is 0 Å². The van der Waals surface area contributed by atoms with Crippen LogP contribution in [0, 0.1) is 0 Å². The molecule has 0 aliphatic heterocycles. The molecule has 2 nitrogen and oxygen atoms in total. The lowest BCUT2D eigenvalue weighted by Gasteiger charge is -2.19. The molecule has 0 saturated carbocycles. The van der Waals surface area contributed by atoms with Gasteiger partial charge in [0, 0.05) is 25.0 Å². The summed E-state index contributed by atoms with van der Waals surface area (Å²) in [5.41, 5.74) is 9.27. The molecule has 2 N–H and O–H groups in total. The quantitative estimate of drug-likeness (QED) is 0.856. The number of nitrogens with two attached hydrogens (primary N) is 1. The van der Waals surface area contributed by atoms with Gasteiger partial charge in [0.05, 0.1) is 0 Å². The van der Waals surface area contributed by atoms with E-state index in [1.165, 1.54) is 11.3 Å². The Morgan fingerprint density at radius 1 is 0.944 bits per heavy atom. The topological polar surface area (TPSA) is 29.3 Å². The molecule has 18 heavy (non-hydrogen) atoms. The van der Waals surface area contributed by atoms with Gasteiger partial charge in [-0.25, -0.2) is 0 Å². The predicted molar refractivity (Wildman–Crippen MR) is 81.5 cm³/mol. The first-order valence-corrected chi connectivity index (χ1v) is 5.87. The first-order chi connectivity index (χ1) is 8.27. The number of likely N-dealkylation sites (N-methyl/N-ethyl adjacent to an activating group) is 1. The summed E-state index contributed by atoms with van der Waals surface area (Å²) in [6.07, 6.45) is 0.970. The molecule has 2 rings (SSSR count). The fraction of sp³-hybridized carbons (Fsp3) is 0.200. The Morgan fingerprint density at radius 2 is 1.56 bits per heavy atom. The van der Waals surface area contributed by atoms with Crippen LogP contribution < -0.4 is 10.6 Å². The van der Waals surface area contributed by atoms with Gasteiger partial charge in [-0.1, -0.05) is 36.4 Å². The highest BCUT2D eigenvalue weighted by Gasteiger charge is 2.02. The van der Waals surface area contributed by atoms with Crippen LogP contribution in [0.1, 0.15) is 5.56 Å². The summed E-state index contributed by atoms with van der Waals surface area (Å²) in [6, 6.07) is 18.4. The van der Waals surface area contributed by atoms with E-state index >= 15 is 0 Å². The van der Waals surface area contributed by atoms with Crippen LogP contribution in [0.5, 0.6) is 0 Å². The second-order valence-electron chi connectivity index (χ2n) is 4.21. The summed E-state index contributed by atoms with van der Waals surface area (Å²) in [4.78, 5) is 2.24. The van der Waals surface area contributed by atoms with Gasteiger partial charge in [0.25, 0.3) is 0 Å². The van der Waals surface area contributed by atoms with Gasteiger partial charge < -0.3 is 10.6 Å². The van der Waals surface area contributed by atoms with Crippen LogP contribution in [-0.4, -0.2) is 13.6 Å². The number of nitrogens with zero attached hydrogens (tertiary/aromatic N) is 1. The number of para-hydroxylation sites is 2. The number of nitrogen functional groups attached to an aromatic ring is 1. The molecule has 3 heteroatoms. The smallest absolute Gasteiger partial charge is 0.0363 e. The van der Waals surface area contributed by atoms with E-state index in [1.54, 1.807) is 0 Å². The summed E-state index contributed by atoms with van der Waals surface area (Å²) in [7, 11) is 2.11. The standard InChI is InChI=1S/C15H18N2.ClH/c1-17(14-8-3-2-4-9-14)12-11-13-7-5-6-10-15(13)16;/h2-10H,11-12,16H2,1H3;1H. The lowest BCUT2D eigenvalue weighted by atomic mass is 10.1. The van der Waals surface area contributed by atoms with Gasteiger partial charge in [0.1, 0.15) is 0 Å². The molecule has 0 aliphatic rings. The van der Waals surface area contributed by atoms with Gasteiger partial charge in [0.2, 0.25) is 0 Å². The number of rotatable bonds is 4. The SMILES string of the molecule is CN(CCc1ccccc1N)c1ccccc1.Cl. The molecule has 0 unspecified atom stereocenters. The van der Waals surface area contributed by atoms with Crippen molar-refractivity contribution >= 4 is 23.8 Å². The average Bonchev–Trinajstić information content (AvgIpc) is 2.38. The molecular weight excluding hydrogens is 244 g/mol. The van der Waals surface area contributed by atoms with Gasteiger partial charge >= 0.3 is 0 Å². The van der Waals surface area contributed by atoms with Crippen molar-refractivity contribution in [3.63, 3.8) is 0 Å². The minimum Gasteiger partial charge on any atom is -0.399 e. The van der Waals surface area contributed by atoms with E-state index in [9.17, 15) is 0 Å². The molecule has 96 valence electrons. The normalized spacial score (nSPS) is 9.61. The molecule has 0 fully saturated rings. The molecule has 2 aromatic rings. The van der Waals surface area contributed by atoms with Crippen molar-refractivity contribution in [1.82, 2.24) is 0 Å². The van der Waals surface area contributed by atoms with Crippen molar-refractivity contribution in [2.75, 3.05) is 24.2 Å². The molecule has 0 aliphatic carbocycles. The van der Waals surface area contributed by atoms with Crippen molar-refractivity contribution in [2.24, 2.45) is 0 Å². The highest BCUT2D eigenvalue weighted by Crippen LogP contribution is 2.15. The lowest BCUT2D eigenvalue weighted by Crippen LogP contribution is -2.20. The second kappa shape index (κ2) is 6.92. The van der Waals surface area contributed by atoms with E-state index in [2.05, 4.69) is 42.3 Å². The number of anilines is 2. The Labute approximate surface area is 115 Å². The maximum Gasteiger partial charge on any atom is 0.0363 e. The summed E-state index contributed by atoms with van der Waals surface area (Å²) >= 11 is 0. The maximum atomic E-state index is 5.93. The monoisotopic (exact) mass is 262 g/mol. The third-order valence-electron chi connectivity index (χ3n) is 2.97. The second-order valence-corrected chi connectivity index (χ2v) is 4.21. The minimum absolute atomic E-state index is 0. The first-order valence-electron chi connectivity index (χ1n) is 5.87. The Kier molecular flexibility index (Phi) is 5.53. The largest absolute Gasteiger partial charge is 0.399 e. The molecular formula is C15H19ClN2. The van der Waals surface area contributed by atoms with E-state index in [0.717, 1.165) is 18.7 Å². The minimum atomic E-state index is 0. The van der Waals surface area contributed by atoms with Crippen LogP contribution in [0.2, 0.25) is 0 Å². The van der Waals surface area contributed by atoms with Crippen LogP contribution in [0.15, 0.2) is 54.6 Å². The molecule has 0 radical (unpaired) electrons. The van der Waals surface area contributed by atoms with Gasteiger partial charge in [0.15, 0.2) is 0 Å². The Balaban J connectivity index is 0.00000162. The highest BCUT2D eigenvalue weighted by molar-refractivity contribution is 5.85. The molecule has 0 heterocycles. The first kappa shape index (κ1) is 14.4.